The number of hydrogen-bond acceptors (Lipinski definition) is 4. The number of nitrogens with zero attached hydrogens (tertiary/aromatic N) is 3. The van der Waals surface area contributed by atoms with Crippen molar-refractivity contribution in [1.29, 1.82) is 0 Å². The summed E-state index contributed by atoms with van der Waals surface area (Å²) in [6, 6.07) is 8.88. The van der Waals surface area contributed by atoms with Crippen LogP contribution in [0.15, 0.2) is 35.8 Å². The lowest BCUT2D eigenvalue weighted by molar-refractivity contribution is -0.135. The van der Waals surface area contributed by atoms with E-state index >= 15 is 0 Å². The van der Waals surface area contributed by atoms with E-state index in [1.807, 2.05) is 49.8 Å². The highest BCUT2D eigenvalue weighted by Crippen LogP contribution is 2.22. The van der Waals surface area contributed by atoms with Gasteiger partial charge in [-0.2, -0.15) is 0 Å². The van der Waals surface area contributed by atoms with Gasteiger partial charge in [0.25, 0.3) is 5.91 Å². The minimum absolute atomic E-state index is 0.0381. The van der Waals surface area contributed by atoms with Gasteiger partial charge in [-0.05, 0) is 38.3 Å². The molecule has 1 aromatic carbocycles. The lowest BCUT2D eigenvalue weighted by Gasteiger charge is -2.37. The van der Waals surface area contributed by atoms with Crippen molar-refractivity contribution < 1.29 is 9.59 Å². The predicted octanol–water partition coefficient (Wildman–Crippen LogP) is 3.15. The summed E-state index contributed by atoms with van der Waals surface area (Å²) in [6.07, 6.45) is 3.47. The first-order chi connectivity index (χ1) is 12.6. The highest BCUT2D eigenvalue weighted by molar-refractivity contribution is 7.09. The first kappa shape index (κ1) is 18.6. The van der Waals surface area contributed by atoms with Gasteiger partial charge in [0.05, 0.1) is 11.2 Å². The Morgan fingerprint density at radius 3 is 2.73 bits per heavy atom. The Morgan fingerprint density at radius 2 is 2.04 bits per heavy atom. The molecule has 6 heteroatoms. The third-order valence-corrected chi connectivity index (χ3v) is 5.96. The Bertz CT molecular complexity index is 759. The minimum atomic E-state index is -0.357. The van der Waals surface area contributed by atoms with Crippen molar-refractivity contribution in [2.45, 2.75) is 38.6 Å². The SMILES string of the molecule is Cc1ncsc1CCN(C)C(=O)[C@H]1CCCCN1C(=O)c1ccccc1. The molecule has 2 aromatic rings. The summed E-state index contributed by atoms with van der Waals surface area (Å²) in [6.45, 7) is 3.28. The van der Waals surface area contributed by atoms with Crippen molar-refractivity contribution in [3.8, 4) is 0 Å². The lowest BCUT2D eigenvalue weighted by Crippen LogP contribution is -2.52. The van der Waals surface area contributed by atoms with Gasteiger partial charge in [-0.25, -0.2) is 4.98 Å². The first-order valence-corrected chi connectivity index (χ1v) is 9.96. The number of hydrogen-bond donors (Lipinski definition) is 0. The third-order valence-electron chi connectivity index (χ3n) is 4.96. The van der Waals surface area contributed by atoms with Crippen LogP contribution >= 0.6 is 11.3 Å². The second-order valence-corrected chi connectivity index (χ2v) is 7.69. The molecule has 1 aromatic heterocycles. The number of thiazole rings is 1. The molecule has 1 saturated heterocycles. The molecule has 1 atom stereocenters. The molecule has 2 amide bonds. The molecule has 0 unspecified atom stereocenters. The fourth-order valence-corrected chi connectivity index (χ4v) is 4.15. The van der Waals surface area contributed by atoms with Gasteiger partial charge in [0.1, 0.15) is 6.04 Å². The van der Waals surface area contributed by atoms with E-state index in [4.69, 9.17) is 0 Å². The molecule has 5 nitrogen and oxygen atoms in total. The van der Waals surface area contributed by atoms with E-state index < -0.39 is 0 Å². The molecule has 1 aliphatic heterocycles. The maximum atomic E-state index is 13.0. The van der Waals surface area contributed by atoms with Crippen molar-refractivity contribution in [3.05, 3.63) is 52.0 Å². The van der Waals surface area contributed by atoms with E-state index in [0.29, 0.717) is 18.7 Å². The highest BCUT2D eigenvalue weighted by atomic mass is 32.1. The number of aryl methyl sites for hydroxylation is 1. The Labute approximate surface area is 158 Å². The van der Waals surface area contributed by atoms with E-state index in [2.05, 4.69) is 4.98 Å². The summed E-state index contributed by atoms with van der Waals surface area (Å²) in [4.78, 5) is 34.9. The van der Waals surface area contributed by atoms with Crippen LogP contribution in [-0.2, 0) is 11.2 Å². The number of rotatable bonds is 5. The van der Waals surface area contributed by atoms with E-state index in [0.717, 1.165) is 31.4 Å². The molecule has 0 radical (unpaired) electrons. The van der Waals surface area contributed by atoms with Crippen LogP contribution in [0.4, 0.5) is 0 Å². The largest absolute Gasteiger partial charge is 0.344 e. The number of carbonyl (C=O) groups is 2. The third kappa shape index (κ3) is 4.12. The van der Waals surface area contributed by atoms with Crippen molar-refractivity contribution in [3.63, 3.8) is 0 Å². The summed E-state index contributed by atoms with van der Waals surface area (Å²) < 4.78 is 0. The van der Waals surface area contributed by atoms with E-state index in [-0.39, 0.29) is 17.9 Å². The molecular formula is C20H25N3O2S. The Kier molecular flexibility index (Phi) is 6.04. The van der Waals surface area contributed by atoms with Gasteiger partial charge in [-0.1, -0.05) is 18.2 Å². The summed E-state index contributed by atoms with van der Waals surface area (Å²) in [5.74, 6) is -0.00787. The number of likely N-dealkylation sites (tertiary alicyclic amines) is 1. The second kappa shape index (κ2) is 8.45. The highest BCUT2D eigenvalue weighted by Gasteiger charge is 2.34. The Balaban J connectivity index is 1.67. The second-order valence-electron chi connectivity index (χ2n) is 6.75. The lowest BCUT2D eigenvalue weighted by atomic mass is 9.99. The average Bonchev–Trinajstić information content (AvgIpc) is 3.10. The van der Waals surface area contributed by atoms with Crippen LogP contribution in [0.1, 0.15) is 40.2 Å². The molecule has 1 aliphatic rings. The van der Waals surface area contributed by atoms with Crippen LogP contribution in [-0.4, -0.2) is 52.8 Å². The van der Waals surface area contributed by atoms with E-state index in [1.54, 1.807) is 21.1 Å². The van der Waals surface area contributed by atoms with Crippen molar-refractivity contribution in [2.75, 3.05) is 20.1 Å². The molecule has 2 heterocycles. The summed E-state index contributed by atoms with van der Waals surface area (Å²) in [5.41, 5.74) is 3.53. The molecule has 0 aliphatic carbocycles. The minimum Gasteiger partial charge on any atom is -0.344 e. The van der Waals surface area contributed by atoms with E-state index in [1.165, 1.54) is 4.88 Å². The van der Waals surface area contributed by atoms with E-state index in [9.17, 15) is 9.59 Å². The molecular weight excluding hydrogens is 346 g/mol. The maximum Gasteiger partial charge on any atom is 0.254 e. The number of likely N-dealkylation sites (N-methyl/N-ethyl adjacent to an activating group) is 1. The Morgan fingerprint density at radius 1 is 1.27 bits per heavy atom. The molecule has 0 N–H and O–H groups in total. The zero-order valence-corrected chi connectivity index (χ0v) is 16.2. The zero-order chi connectivity index (χ0) is 18.5. The number of benzene rings is 1. The van der Waals surface area contributed by atoms with Gasteiger partial charge >= 0.3 is 0 Å². The standard InChI is InChI=1S/C20H25N3O2S/c1-15-18(26-14-21-15)11-13-22(2)20(25)17-10-6-7-12-23(17)19(24)16-8-4-3-5-9-16/h3-5,8-9,14,17H,6-7,10-13H2,1-2H3/t17-/m1/s1. The summed E-state index contributed by atoms with van der Waals surface area (Å²) >= 11 is 1.63. The normalized spacial score (nSPS) is 17.2. The van der Waals surface area contributed by atoms with Crippen LogP contribution in [0.25, 0.3) is 0 Å². The van der Waals surface area contributed by atoms with Gasteiger partial charge in [0.2, 0.25) is 5.91 Å². The summed E-state index contributed by atoms with van der Waals surface area (Å²) in [7, 11) is 1.83. The maximum absolute atomic E-state index is 13.0. The topological polar surface area (TPSA) is 53.5 Å². The van der Waals surface area contributed by atoms with Gasteiger partial charge in [0, 0.05) is 37.0 Å². The summed E-state index contributed by atoms with van der Waals surface area (Å²) in [5, 5.41) is 0. The number of carbonyl (C=O) groups excluding carboxylic acids is 2. The van der Waals surface area contributed by atoms with Crippen LogP contribution in [0.2, 0.25) is 0 Å². The monoisotopic (exact) mass is 371 g/mol. The first-order valence-electron chi connectivity index (χ1n) is 9.08. The van der Waals surface area contributed by atoms with Crippen LogP contribution in [0.5, 0.6) is 0 Å². The van der Waals surface area contributed by atoms with Gasteiger partial charge < -0.3 is 9.80 Å². The fraction of sp³-hybridized carbons (Fsp3) is 0.450. The molecule has 0 bridgehead atoms. The zero-order valence-electron chi connectivity index (χ0n) is 15.4. The Hall–Kier alpha value is -2.21. The fourth-order valence-electron chi connectivity index (χ4n) is 3.38. The van der Waals surface area contributed by atoms with Crippen LogP contribution < -0.4 is 0 Å². The molecule has 3 rings (SSSR count). The van der Waals surface area contributed by atoms with Crippen molar-refractivity contribution >= 4 is 23.2 Å². The molecule has 0 saturated carbocycles. The molecule has 138 valence electrons. The quantitative estimate of drug-likeness (QED) is 0.811. The number of amides is 2. The molecule has 1 fully saturated rings. The van der Waals surface area contributed by atoms with Crippen molar-refractivity contribution in [1.82, 2.24) is 14.8 Å². The van der Waals surface area contributed by atoms with Gasteiger partial charge in [0.15, 0.2) is 0 Å². The number of piperidine rings is 1. The predicted molar refractivity (Wildman–Crippen MR) is 103 cm³/mol. The average molecular weight is 372 g/mol. The van der Waals surface area contributed by atoms with Gasteiger partial charge in [-0.3, -0.25) is 9.59 Å². The van der Waals surface area contributed by atoms with Crippen molar-refractivity contribution in [2.24, 2.45) is 0 Å². The smallest absolute Gasteiger partial charge is 0.254 e. The molecule has 26 heavy (non-hydrogen) atoms. The van der Waals surface area contributed by atoms with Crippen LogP contribution in [0.3, 0.4) is 0 Å². The molecule has 0 spiro atoms. The number of aromatic nitrogens is 1. The van der Waals surface area contributed by atoms with Gasteiger partial charge in [-0.15, -0.1) is 11.3 Å². The van der Waals surface area contributed by atoms with Crippen LogP contribution in [0, 0.1) is 6.92 Å².